The Hall–Kier alpha value is -0.360. The van der Waals surface area contributed by atoms with Crippen LogP contribution >= 0.6 is 38.5 Å². The number of esters is 1. The fourth-order valence-corrected chi connectivity index (χ4v) is 4.64. The van der Waals surface area contributed by atoms with Crippen LogP contribution in [-0.4, -0.2) is 11.6 Å². The number of aryl methyl sites for hydroxylation is 1. The lowest BCUT2D eigenvalue weighted by Gasteiger charge is -2.31. The fraction of sp³-hybridized carbons (Fsp3) is 0.400. The van der Waals surface area contributed by atoms with Gasteiger partial charge in [-0.25, -0.2) is 4.79 Å². The summed E-state index contributed by atoms with van der Waals surface area (Å²) in [5.74, 6) is -0.222. The summed E-state index contributed by atoms with van der Waals surface area (Å²) in [5.41, 5.74) is 2.88. The smallest absolute Gasteiger partial charge is 0.334 e. The molecule has 1 heterocycles. The zero-order valence-electron chi connectivity index (χ0n) is 10.4. The largest absolute Gasteiger partial charge is 0.454 e. The van der Waals surface area contributed by atoms with Crippen molar-refractivity contribution >= 4 is 44.5 Å². The van der Waals surface area contributed by atoms with Crippen molar-refractivity contribution < 1.29 is 9.53 Å². The molecule has 1 spiro atoms. The number of carbonyl (C=O) groups is 1. The molecule has 1 aliphatic carbocycles. The predicted octanol–water partition coefficient (Wildman–Crippen LogP) is 4.50. The van der Waals surface area contributed by atoms with Crippen LogP contribution in [0.4, 0.5) is 0 Å². The van der Waals surface area contributed by atoms with Crippen LogP contribution in [-0.2, 0) is 16.0 Å². The Labute approximate surface area is 134 Å². The average Bonchev–Trinajstić information content (AvgIpc) is 2.59. The van der Waals surface area contributed by atoms with Gasteiger partial charge < -0.3 is 4.74 Å². The molecule has 2 aliphatic rings. The monoisotopic (exact) mass is 432 g/mol. The minimum absolute atomic E-state index is 0.184. The summed E-state index contributed by atoms with van der Waals surface area (Å²) in [6, 6.07) is 6.42. The Morgan fingerprint density at radius 3 is 2.95 bits per heavy atom. The highest BCUT2D eigenvalue weighted by molar-refractivity contribution is 14.1. The van der Waals surface area contributed by atoms with Crippen molar-refractivity contribution in [3.05, 3.63) is 46.0 Å². The second-order valence-corrected chi connectivity index (χ2v) is 7.46. The summed E-state index contributed by atoms with van der Waals surface area (Å²) < 4.78 is 6.99. The van der Waals surface area contributed by atoms with Gasteiger partial charge in [0.2, 0.25) is 0 Å². The van der Waals surface area contributed by atoms with E-state index in [9.17, 15) is 4.79 Å². The number of carbonyl (C=O) groups excluding carboxylic acids is 1. The lowest BCUT2D eigenvalue weighted by atomic mass is 9.88. The maximum Gasteiger partial charge on any atom is 0.334 e. The van der Waals surface area contributed by atoms with Crippen LogP contribution in [0.1, 0.15) is 34.3 Å². The molecule has 1 aromatic carbocycles. The van der Waals surface area contributed by atoms with Gasteiger partial charge in [-0.1, -0.05) is 51.2 Å². The lowest BCUT2D eigenvalue weighted by Crippen LogP contribution is -2.32. The maximum absolute atomic E-state index is 11.7. The molecule has 1 aromatic rings. The quantitative estimate of drug-likeness (QED) is 0.261. The molecule has 3 rings (SSSR count). The molecule has 0 saturated carbocycles. The number of fused-ring (bicyclic) bond motifs is 1. The van der Waals surface area contributed by atoms with Crippen molar-refractivity contribution in [2.24, 2.45) is 0 Å². The average molecular weight is 433 g/mol. The van der Waals surface area contributed by atoms with Crippen LogP contribution in [0.25, 0.3) is 0 Å². The topological polar surface area (TPSA) is 26.3 Å². The molecular weight excluding hydrogens is 419 g/mol. The lowest BCUT2D eigenvalue weighted by molar-refractivity contribution is -0.146. The fourth-order valence-electron chi connectivity index (χ4n) is 3.02. The Morgan fingerprint density at radius 1 is 1.47 bits per heavy atom. The number of halogens is 2. The Bertz CT molecular complexity index is 551. The first kappa shape index (κ1) is 13.6. The van der Waals surface area contributed by atoms with Gasteiger partial charge in [0.1, 0.15) is 5.60 Å². The van der Waals surface area contributed by atoms with E-state index in [1.165, 1.54) is 11.1 Å². The van der Waals surface area contributed by atoms with Gasteiger partial charge in [-0.15, -0.1) is 0 Å². The van der Waals surface area contributed by atoms with Crippen LogP contribution in [0.3, 0.4) is 0 Å². The molecule has 0 radical (unpaired) electrons. The summed E-state index contributed by atoms with van der Waals surface area (Å²) in [5, 5.41) is 0. The number of hydrogen-bond acceptors (Lipinski definition) is 2. The van der Waals surface area contributed by atoms with Gasteiger partial charge in [-0.05, 0) is 42.5 Å². The SMILES string of the molecule is C=C1C[C@]2(CCCc3ccc(Br)cc3[C@H]2I)OC1=O. The molecule has 0 bridgehead atoms. The Balaban J connectivity index is 2.06. The van der Waals surface area contributed by atoms with Crippen LogP contribution in [0.5, 0.6) is 0 Å². The number of alkyl halides is 1. The number of rotatable bonds is 0. The van der Waals surface area contributed by atoms with Crippen LogP contribution < -0.4 is 0 Å². The molecular formula is C15H14BrIO2. The molecule has 1 fully saturated rings. The first-order chi connectivity index (χ1) is 9.02. The van der Waals surface area contributed by atoms with Crippen molar-refractivity contribution in [2.75, 3.05) is 0 Å². The van der Waals surface area contributed by atoms with Gasteiger partial charge in [-0.2, -0.15) is 0 Å². The standard InChI is InChI=1S/C15H14BrIO2/c1-9-8-15(19-14(9)18)6-2-3-10-4-5-11(16)7-12(10)13(15)17/h4-5,7,13H,1-3,6,8H2/t13-,15+/m1/s1. The van der Waals surface area contributed by atoms with E-state index in [2.05, 4.69) is 63.3 Å². The molecule has 0 amide bonds. The first-order valence-electron chi connectivity index (χ1n) is 6.35. The molecule has 100 valence electrons. The zero-order chi connectivity index (χ0) is 13.6. The van der Waals surface area contributed by atoms with Gasteiger partial charge in [0.15, 0.2) is 0 Å². The third-order valence-electron chi connectivity index (χ3n) is 3.99. The molecule has 2 nitrogen and oxygen atoms in total. The van der Waals surface area contributed by atoms with Crippen molar-refractivity contribution in [3.63, 3.8) is 0 Å². The van der Waals surface area contributed by atoms with E-state index in [1.807, 2.05) is 0 Å². The van der Waals surface area contributed by atoms with Gasteiger partial charge >= 0.3 is 5.97 Å². The molecule has 0 aromatic heterocycles. The first-order valence-corrected chi connectivity index (χ1v) is 8.39. The minimum Gasteiger partial charge on any atom is -0.454 e. The van der Waals surface area contributed by atoms with Gasteiger partial charge in [0.05, 0.1) is 3.92 Å². The second-order valence-electron chi connectivity index (χ2n) is 5.29. The Morgan fingerprint density at radius 2 is 2.26 bits per heavy atom. The normalized spacial score (nSPS) is 30.1. The van der Waals surface area contributed by atoms with E-state index >= 15 is 0 Å². The number of ether oxygens (including phenoxy) is 1. The molecule has 0 unspecified atom stereocenters. The third-order valence-corrected chi connectivity index (χ3v) is 6.29. The minimum atomic E-state index is -0.388. The second kappa shape index (κ2) is 4.88. The van der Waals surface area contributed by atoms with E-state index in [0.717, 1.165) is 23.7 Å². The zero-order valence-corrected chi connectivity index (χ0v) is 14.2. The highest BCUT2D eigenvalue weighted by Gasteiger charge is 2.49. The van der Waals surface area contributed by atoms with E-state index in [4.69, 9.17) is 4.74 Å². The predicted molar refractivity (Wildman–Crippen MR) is 86.4 cm³/mol. The molecule has 2 atom stereocenters. The number of benzene rings is 1. The van der Waals surface area contributed by atoms with Crippen molar-refractivity contribution in [1.82, 2.24) is 0 Å². The molecule has 0 N–H and O–H groups in total. The summed E-state index contributed by atoms with van der Waals surface area (Å²) >= 11 is 5.96. The van der Waals surface area contributed by atoms with Gasteiger partial charge in [0.25, 0.3) is 0 Å². The maximum atomic E-state index is 11.7. The van der Waals surface area contributed by atoms with E-state index in [0.29, 0.717) is 12.0 Å². The summed E-state index contributed by atoms with van der Waals surface area (Å²) in [7, 11) is 0. The van der Waals surface area contributed by atoms with Crippen molar-refractivity contribution in [1.29, 1.82) is 0 Å². The van der Waals surface area contributed by atoms with Gasteiger partial charge in [-0.3, -0.25) is 0 Å². The van der Waals surface area contributed by atoms with Crippen LogP contribution in [0.15, 0.2) is 34.8 Å². The summed E-state index contributed by atoms with van der Waals surface area (Å²) in [4.78, 5) is 11.7. The molecule has 4 heteroatoms. The molecule has 1 saturated heterocycles. The van der Waals surface area contributed by atoms with E-state index in [1.54, 1.807) is 0 Å². The third kappa shape index (κ3) is 2.27. The van der Waals surface area contributed by atoms with Crippen LogP contribution in [0.2, 0.25) is 0 Å². The van der Waals surface area contributed by atoms with E-state index < -0.39 is 0 Å². The molecule has 1 aliphatic heterocycles. The van der Waals surface area contributed by atoms with Crippen molar-refractivity contribution in [3.8, 4) is 0 Å². The highest BCUT2D eigenvalue weighted by atomic mass is 127. The van der Waals surface area contributed by atoms with Crippen molar-refractivity contribution in [2.45, 2.75) is 35.2 Å². The number of hydrogen-bond donors (Lipinski definition) is 0. The van der Waals surface area contributed by atoms with E-state index in [-0.39, 0.29) is 15.5 Å². The molecule has 19 heavy (non-hydrogen) atoms. The van der Waals surface area contributed by atoms with Gasteiger partial charge in [0, 0.05) is 16.5 Å². The summed E-state index contributed by atoms with van der Waals surface area (Å²) in [6.07, 6.45) is 3.67. The van der Waals surface area contributed by atoms with Crippen LogP contribution in [0, 0.1) is 0 Å². The Kier molecular flexibility index (Phi) is 3.50. The summed E-state index contributed by atoms with van der Waals surface area (Å²) in [6.45, 7) is 3.84. The highest BCUT2D eigenvalue weighted by Crippen LogP contribution is 2.51.